The Morgan fingerprint density at radius 3 is 2.81 bits per heavy atom. The molecule has 0 radical (unpaired) electrons. The molecular formula is C21H22N2O2S. The summed E-state index contributed by atoms with van der Waals surface area (Å²) in [7, 11) is 0. The number of hydrogen-bond donors (Lipinski definition) is 2. The highest BCUT2D eigenvalue weighted by Gasteiger charge is 2.22. The quantitative estimate of drug-likeness (QED) is 0.672. The first-order chi connectivity index (χ1) is 12.8. The van der Waals surface area contributed by atoms with Crippen LogP contribution in [0.15, 0.2) is 75.1 Å². The molecule has 1 aliphatic rings. The second kappa shape index (κ2) is 7.99. The summed E-state index contributed by atoms with van der Waals surface area (Å²) >= 11 is 1.72. The molecule has 4 rings (SSSR count). The van der Waals surface area contributed by atoms with E-state index in [0.29, 0.717) is 6.61 Å². The predicted molar refractivity (Wildman–Crippen MR) is 104 cm³/mol. The molecular weight excluding hydrogens is 344 g/mol. The van der Waals surface area contributed by atoms with Crippen LogP contribution in [0.1, 0.15) is 22.9 Å². The lowest BCUT2D eigenvalue weighted by Gasteiger charge is -2.10. The molecule has 1 fully saturated rings. The normalized spacial score (nSPS) is 16.7. The minimum absolute atomic E-state index is 0.240. The Hall–Kier alpha value is -2.21. The molecule has 2 N–H and O–H groups in total. The maximum atomic E-state index is 5.90. The van der Waals surface area contributed by atoms with Crippen molar-refractivity contribution in [2.75, 3.05) is 13.2 Å². The Bertz CT molecular complexity index is 854. The van der Waals surface area contributed by atoms with Gasteiger partial charge in [0.05, 0.1) is 17.2 Å². The van der Waals surface area contributed by atoms with E-state index in [2.05, 4.69) is 54.0 Å². The molecule has 1 aliphatic heterocycles. The first kappa shape index (κ1) is 17.2. The molecule has 0 bridgehead atoms. The molecule has 1 aromatic heterocycles. The summed E-state index contributed by atoms with van der Waals surface area (Å²) in [5.41, 5.74) is 2.44. The van der Waals surface area contributed by atoms with Crippen molar-refractivity contribution in [1.29, 1.82) is 0 Å². The summed E-state index contributed by atoms with van der Waals surface area (Å²) in [4.78, 5) is 2.32. The van der Waals surface area contributed by atoms with Crippen LogP contribution in [0.4, 0.5) is 0 Å². The highest BCUT2D eigenvalue weighted by atomic mass is 32.2. The highest BCUT2D eigenvalue weighted by Crippen LogP contribution is 2.35. The third kappa shape index (κ3) is 4.12. The van der Waals surface area contributed by atoms with E-state index in [1.54, 1.807) is 18.0 Å². The lowest BCUT2D eigenvalue weighted by atomic mass is 10.1. The molecule has 3 aromatic rings. The van der Waals surface area contributed by atoms with E-state index in [-0.39, 0.29) is 6.04 Å². The van der Waals surface area contributed by atoms with E-state index in [1.807, 2.05) is 18.2 Å². The van der Waals surface area contributed by atoms with Gasteiger partial charge in [0, 0.05) is 18.1 Å². The molecule has 0 spiro atoms. The molecule has 26 heavy (non-hydrogen) atoms. The van der Waals surface area contributed by atoms with Gasteiger partial charge in [-0.3, -0.25) is 5.32 Å². The second-order valence-electron chi connectivity index (χ2n) is 6.39. The van der Waals surface area contributed by atoms with Gasteiger partial charge in [0.15, 0.2) is 0 Å². The fourth-order valence-corrected chi connectivity index (χ4v) is 3.96. The van der Waals surface area contributed by atoms with Crippen LogP contribution in [0, 0.1) is 6.92 Å². The summed E-state index contributed by atoms with van der Waals surface area (Å²) in [5.74, 6) is 1.88. The molecule has 1 atom stereocenters. The largest absolute Gasteiger partial charge is 0.489 e. The third-order valence-corrected chi connectivity index (χ3v) is 5.40. The Morgan fingerprint density at radius 2 is 2.04 bits per heavy atom. The topological polar surface area (TPSA) is 46.4 Å². The molecule has 134 valence electrons. The fraction of sp³-hybridized carbons (Fsp3) is 0.238. The summed E-state index contributed by atoms with van der Waals surface area (Å²) < 4.78 is 11.6. The zero-order valence-electron chi connectivity index (χ0n) is 14.7. The van der Waals surface area contributed by atoms with E-state index in [1.165, 1.54) is 16.0 Å². The van der Waals surface area contributed by atoms with Crippen LogP contribution in [-0.4, -0.2) is 13.2 Å². The molecule has 1 saturated heterocycles. The molecule has 2 heterocycles. The maximum absolute atomic E-state index is 5.90. The first-order valence-corrected chi connectivity index (χ1v) is 9.57. The van der Waals surface area contributed by atoms with Crippen molar-refractivity contribution < 1.29 is 9.15 Å². The lowest BCUT2D eigenvalue weighted by Crippen LogP contribution is -2.14. The SMILES string of the molecule is Cc1cccc(COc2ccc(Sc3ccoc3C3CNCN3)cc2)c1. The molecule has 2 aromatic carbocycles. The molecule has 0 amide bonds. The van der Waals surface area contributed by atoms with Crippen LogP contribution >= 0.6 is 11.8 Å². The minimum atomic E-state index is 0.240. The van der Waals surface area contributed by atoms with Crippen LogP contribution in [0.5, 0.6) is 5.75 Å². The van der Waals surface area contributed by atoms with E-state index in [4.69, 9.17) is 9.15 Å². The van der Waals surface area contributed by atoms with Gasteiger partial charge in [-0.05, 0) is 42.8 Å². The van der Waals surface area contributed by atoms with Gasteiger partial charge >= 0.3 is 0 Å². The summed E-state index contributed by atoms with van der Waals surface area (Å²) in [6.07, 6.45) is 1.76. The minimum Gasteiger partial charge on any atom is -0.489 e. The number of rotatable bonds is 6. The Balaban J connectivity index is 1.38. The molecule has 1 unspecified atom stereocenters. The van der Waals surface area contributed by atoms with Gasteiger partial charge in [-0.2, -0.15) is 0 Å². The number of nitrogens with one attached hydrogen (secondary N) is 2. The molecule has 5 heteroatoms. The lowest BCUT2D eigenvalue weighted by molar-refractivity contribution is 0.306. The summed E-state index contributed by atoms with van der Waals surface area (Å²) in [5, 5.41) is 6.69. The van der Waals surface area contributed by atoms with Crippen LogP contribution in [-0.2, 0) is 6.61 Å². The molecule has 0 aliphatic carbocycles. The second-order valence-corrected chi connectivity index (χ2v) is 7.50. The van der Waals surface area contributed by atoms with Gasteiger partial charge in [-0.25, -0.2) is 0 Å². The van der Waals surface area contributed by atoms with Gasteiger partial charge in [0.1, 0.15) is 18.1 Å². The van der Waals surface area contributed by atoms with Crippen molar-refractivity contribution in [2.24, 2.45) is 0 Å². The van der Waals surface area contributed by atoms with Crippen molar-refractivity contribution in [3.8, 4) is 5.75 Å². The predicted octanol–water partition coefficient (Wildman–Crippen LogP) is 4.51. The molecule has 0 saturated carbocycles. The van der Waals surface area contributed by atoms with E-state index in [9.17, 15) is 0 Å². The van der Waals surface area contributed by atoms with E-state index >= 15 is 0 Å². The average Bonchev–Trinajstić information content (AvgIpc) is 3.32. The van der Waals surface area contributed by atoms with Crippen LogP contribution in [0.2, 0.25) is 0 Å². The van der Waals surface area contributed by atoms with Crippen molar-refractivity contribution in [3.63, 3.8) is 0 Å². The van der Waals surface area contributed by atoms with E-state index in [0.717, 1.165) is 29.6 Å². The number of hydrogen-bond acceptors (Lipinski definition) is 5. The van der Waals surface area contributed by atoms with Gasteiger partial charge in [0.25, 0.3) is 0 Å². The Morgan fingerprint density at radius 1 is 1.15 bits per heavy atom. The first-order valence-electron chi connectivity index (χ1n) is 8.76. The van der Waals surface area contributed by atoms with Gasteiger partial charge in [0.2, 0.25) is 0 Å². The number of ether oxygens (including phenoxy) is 1. The summed E-state index contributed by atoms with van der Waals surface area (Å²) in [6.45, 7) is 4.40. The Labute approximate surface area is 157 Å². The van der Waals surface area contributed by atoms with Gasteiger partial charge in [-0.15, -0.1) is 0 Å². The van der Waals surface area contributed by atoms with Gasteiger partial charge in [-0.1, -0.05) is 41.6 Å². The highest BCUT2D eigenvalue weighted by molar-refractivity contribution is 7.99. The molecule has 4 nitrogen and oxygen atoms in total. The third-order valence-electron chi connectivity index (χ3n) is 4.34. The van der Waals surface area contributed by atoms with Crippen molar-refractivity contribution in [3.05, 3.63) is 77.7 Å². The van der Waals surface area contributed by atoms with Crippen LogP contribution in [0.3, 0.4) is 0 Å². The number of furan rings is 1. The zero-order chi connectivity index (χ0) is 17.8. The summed E-state index contributed by atoms with van der Waals surface area (Å²) in [6, 6.07) is 18.9. The standard InChI is InChI=1S/C21H22N2O2S/c1-15-3-2-4-16(11-15)13-25-17-5-7-18(8-6-17)26-20-9-10-24-21(20)19-12-22-14-23-19/h2-11,19,22-23H,12-14H2,1H3. The van der Waals surface area contributed by atoms with E-state index < -0.39 is 0 Å². The monoisotopic (exact) mass is 366 g/mol. The van der Waals surface area contributed by atoms with Crippen LogP contribution in [0.25, 0.3) is 0 Å². The number of aryl methyl sites for hydroxylation is 1. The van der Waals surface area contributed by atoms with Crippen molar-refractivity contribution in [1.82, 2.24) is 10.6 Å². The zero-order valence-corrected chi connectivity index (χ0v) is 15.5. The fourth-order valence-electron chi connectivity index (χ4n) is 3.02. The van der Waals surface area contributed by atoms with Crippen molar-refractivity contribution >= 4 is 11.8 Å². The smallest absolute Gasteiger partial charge is 0.135 e. The van der Waals surface area contributed by atoms with Crippen molar-refractivity contribution in [2.45, 2.75) is 29.4 Å². The average molecular weight is 366 g/mol. The van der Waals surface area contributed by atoms with Crippen LogP contribution < -0.4 is 15.4 Å². The number of benzene rings is 2. The Kier molecular flexibility index (Phi) is 5.29. The maximum Gasteiger partial charge on any atom is 0.135 e. The van der Waals surface area contributed by atoms with Gasteiger partial charge < -0.3 is 14.5 Å².